The lowest BCUT2D eigenvalue weighted by Gasteiger charge is -2.05. The lowest BCUT2D eigenvalue weighted by atomic mass is 10.2. The average Bonchev–Trinajstić information content (AvgIpc) is 2.65. The number of nitrogens with zero attached hydrogens (tertiary/aromatic N) is 1. The third kappa shape index (κ3) is 1.80. The van der Waals surface area contributed by atoms with Crippen LogP contribution >= 0.6 is 0 Å². The van der Waals surface area contributed by atoms with Crippen LogP contribution in [0.25, 0.3) is 0 Å². The van der Waals surface area contributed by atoms with Crippen molar-refractivity contribution in [3.63, 3.8) is 0 Å². The summed E-state index contributed by atoms with van der Waals surface area (Å²) in [6, 6.07) is 7.86. The van der Waals surface area contributed by atoms with Crippen LogP contribution in [0.1, 0.15) is 12.0 Å². The van der Waals surface area contributed by atoms with Gasteiger partial charge in [-0.3, -0.25) is 0 Å². The lowest BCUT2D eigenvalue weighted by molar-refractivity contribution is 0.320. The van der Waals surface area contributed by atoms with Crippen LogP contribution < -0.4 is 9.47 Å². The summed E-state index contributed by atoms with van der Waals surface area (Å²) in [6.45, 7) is 1.20. The maximum atomic E-state index is 8.34. The monoisotopic (exact) mass is 189 g/mol. The summed E-state index contributed by atoms with van der Waals surface area (Å²) >= 11 is 0. The average molecular weight is 189 g/mol. The number of hydrogen-bond donors (Lipinski definition) is 0. The van der Waals surface area contributed by atoms with E-state index >= 15 is 0 Å². The second-order valence-electron chi connectivity index (χ2n) is 3.12. The second kappa shape index (κ2) is 4.01. The fourth-order valence-corrected chi connectivity index (χ4v) is 1.45. The molecule has 2 rings (SSSR count). The van der Waals surface area contributed by atoms with Crippen molar-refractivity contribution in [2.24, 2.45) is 0 Å². The molecular formula is C11H11NO2. The van der Waals surface area contributed by atoms with E-state index in [1.807, 2.05) is 24.3 Å². The Balaban J connectivity index is 2.02. The lowest BCUT2D eigenvalue weighted by Crippen LogP contribution is -1.95. The predicted molar refractivity (Wildman–Crippen MR) is 51.4 cm³/mol. The van der Waals surface area contributed by atoms with Crippen LogP contribution in [0.15, 0.2) is 18.2 Å². The quantitative estimate of drug-likeness (QED) is 0.682. The SMILES string of the molecule is N#CCCOc1ccc2c(c1)OCC2. The van der Waals surface area contributed by atoms with E-state index in [0.717, 1.165) is 24.5 Å². The molecule has 0 saturated heterocycles. The van der Waals surface area contributed by atoms with Gasteiger partial charge in [-0.2, -0.15) is 5.26 Å². The van der Waals surface area contributed by atoms with Gasteiger partial charge in [-0.25, -0.2) is 0 Å². The number of fused-ring (bicyclic) bond motifs is 1. The van der Waals surface area contributed by atoms with Gasteiger partial charge in [0.05, 0.1) is 19.1 Å². The maximum absolute atomic E-state index is 8.34. The molecule has 14 heavy (non-hydrogen) atoms. The summed E-state index contributed by atoms with van der Waals surface area (Å²) in [6.07, 6.45) is 1.39. The van der Waals surface area contributed by atoms with Crippen molar-refractivity contribution in [1.82, 2.24) is 0 Å². The predicted octanol–water partition coefficient (Wildman–Crippen LogP) is 1.91. The normalized spacial score (nSPS) is 12.8. The molecule has 0 aliphatic carbocycles. The Bertz CT molecular complexity index is 368. The molecule has 0 bridgehead atoms. The smallest absolute Gasteiger partial charge is 0.126 e. The second-order valence-corrected chi connectivity index (χ2v) is 3.12. The maximum Gasteiger partial charge on any atom is 0.126 e. The van der Waals surface area contributed by atoms with Crippen molar-refractivity contribution in [2.45, 2.75) is 12.8 Å². The molecule has 3 heteroatoms. The first kappa shape index (κ1) is 8.89. The number of nitriles is 1. The molecule has 0 N–H and O–H groups in total. The van der Waals surface area contributed by atoms with Crippen LogP contribution in [0.3, 0.4) is 0 Å². The van der Waals surface area contributed by atoms with E-state index in [9.17, 15) is 0 Å². The molecule has 3 nitrogen and oxygen atoms in total. The molecule has 0 atom stereocenters. The van der Waals surface area contributed by atoms with Crippen LogP contribution in [0, 0.1) is 11.3 Å². The summed E-state index contributed by atoms with van der Waals surface area (Å²) < 4.78 is 10.8. The van der Waals surface area contributed by atoms with Crippen LogP contribution in [-0.4, -0.2) is 13.2 Å². The van der Waals surface area contributed by atoms with Gasteiger partial charge in [0, 0.05) is 12.5 Å². The Labute approximate surface area is 82.9 Å². The topological polar surface area (TPSA) is 42.2 Å². The Hall–Kier alpha value is -1.69. The van der Waals surface area contributed by atoms with E-state index < -0.39 is 0 Å². The van der Waals surface area contributed by atoms with Gasteiger partial charge in [-0.1, -0.05) is 6.07 Å². The van der Waals surface area contributed by atoms with Crippen LogP contribution in [0.4, 0.5) is 0 Å². The van der Waals surface area contributed by atoms with E-state index in [2.05, 4.69) is 0 Å². The van der Waals surface area contributed by atoms with E-state index in [0.29, 0.717) is 13.0 Å². The molecule has 0 spiro atoms. The van der Waals surface area contributed by atoms with Crippen molar-refractivity contribution in [1.29, 1.82) is 5.26 Å². The molecule has 72 valence electrons. The van der Waals surface area contributed by atoms with Crippen molar-refractivity contribution < 1.29 is 9.47 Å². The van der Waals surface area contributed by atoms with E-state index in [4.69, 9.17) is 14.7 Å². The standard InChI is InChI=1S/C11H11NO2/c12-5-1-6-13-10-3-2-9-4-7-14-11(9)8-10/h2-3,8H,1,4,6-7H2. The first-order chi connectivity index (χ1) is 6.90. The van der Waals surface area contributed by atoms with Crippen LogP contribution in [0.5, 0.6) is 11.5 Å². The number of ether oxygens (including phenoxy) is 2. The van der Waals surface area contributed by atoms with Crippen molar-refractivity contribution >= 4 is 0 Å². The highest BCUT2D eigenvalue weighted by molar-refractivity contribution is 5.42. The highest BCUT2D eigenvalue weighted by atomic mass is 16.5. The van der Waals surface area contributed by atoms with Gasteiger partial charge < -0.3 is 9.47 Å². The van der Waals surface area contributed by atoms with Gasteiger partial charge in [0.25, 0.3) is 0 Å². The molecule has 1 heterocycles. The first-order valence-electron chi connectivity index (χ1n) is 4.65. The van der Waals surface area contributed by atoms with Crippen LogP contribution in [-0.2, 0) is 6.42 Å². The summed E-state index contributed by atoms with van der Waals surface area (Å²) in [4.78, 5) is 0. The van der Waals surface area contributed by atoms with Crippen molar-refractivity contribution in [2.75, 3.05) is 13.2 Å². The third-order valence-electron chi connectivity index (χ3n) is 2.15. The minimum absolute atomic E-state index is 0.415. The van der Waals surface area contributed by atoms with Gasteiger partial charge in [-0.05, 0) is 11.6 Å². The molecule has 0 radical (unpaired) electrons. The highest BCUT2D eigenvalue weighted by Gasteiger charge is 2.12. The highest BCUT2D eigenvalue weighted by Crippen LogP contribution is 2.29. The zero-order chi connectivity index (χ0) is 9.80. The molecule has 0 amide bonds. The molecule has 1 aliphatic heterocycles. The summed E-state index contributed by atoms with van der Waals surface area (Å²) in [7, 11) is 0. The Morgan fingerprint density at radius 3 is 3.29 bits per heavy atom. The van der Waals surface area contributed by atoms with Crippen molar-refractivity contribution in [3.05, 3.63) is 23.8 Å². The number of hydrogen-bond acceptors (Lipinski definition) is 3. The van der Waals surface area contributed by atoms with E-state index in [-0.39, 0.29) is 0 Å². The van der Waals surface area contributed by atoms with Crippen LogP contribution in [0.2, 0.25) is 0 Å². The fourth-order valence-electron chi connectivity index (χ4n) is 1.45. The van der Waals surface area contributed by atoms with Gasteiger partial charge in [0.2, 0.25) is 0 Å². The Kier molecular flexibility index (Phi) is 2.55. The molecule has 0 saturated carbocycles. The minimum atomic E-state index is 0.415. The van der Waals surface area contributed by atoms with Crippen molar-refractivity contribution in [3.8, 4) is 17.6 Å². The molecule has 0 aromatic heterocycles. The van der Waals surface area contributed by atoms with Gasteiger partial charge in [0.1, 0.15) is 18.1 Å². The minimum Gasteiger partial charge on any atom is -0.493 e. The van der Waals surface area contributed by atoms with E-state index in [1.54, 1.807) is 0 Å². The molecule has 0 unspecified atom stereocenters. The zero-order valence-electron chi connectivity index (χ0n) is 7.82. The number of rotatable bonds is 3. The number of benzene rings is 1. The molecule has 1 aromatic carbocycles. The third-order valence-corrected chi connectivity index (χ3v) is 2.15. The Morgan fingerprint density at radius 2 is 2.43 bits per heavy atom. The fraction of sp³-hybridized carbons (Fsp3) is 0.364. The zero-order valence-corrected chi connectivity index (χ0v) is 7.82. The summed E-state index contributed by atoms with van der Waals surface area (Å²) in [5.74, 6) is 1.69. The molecule has 1 aliphatic rings. The largest absolute Gasteiger partial charge is 0.493 e. The molecule has 0 fully saturated rings. The first-order valence-corrected chi connectivity index (χ1v) is 4.65. The van der Waals surface area contributed by atoms with E-state index in [1.165, 1.54) is 5.56 Å². The Morgan fingerprint density at radius 1 is 1.50 bits per heavy atom. The molecular weight excluding hydrogens is 178 g/mol. The summed E-state index contributed by atoms with van der Waals surface area (Å²) in [5, 5.41) is 8.34. The van der Waals surface area contributed by atoms with Gasteiger partial charge in [-0.15, -0.1) is 0 Å². The summed E-state index contributed by atoms with van der Waals surface area (Å²) in [5.41, 5.74) is 1.23. The molecule has 1 aromatic rings. The van der Waals surface area contributed by atoms with Gasteiger partial charge in [0.15, 0.2) is 0 Å². The van der Waals surface area contributed by atoms with Gasteiger partial charge >= 0.3 is 0 Å².